The fraction of sp³-hybridized carbons (Fsp3) is 0.259. The predicted molar refractivity (Wildman–Crippen MR) is 132 cm³/mol. The minimum absolute atomic E-state index is 0.0642. The van der Waals surface area contributed by atoms with Gasteiger partial charge < -0.3 is 9.84 Å². The quantitative estimate of drug-likeness (QED) is 0.411. The van der Waals surface area contributed by atoms with Crippen molar-refractivity contribution in [2.75, 3.05) is 7.11 Å². The molecule has 0 radical (unpaired) electrons. The van der Waals surface area contributed by atoms with Crippen molar-refractivity contribution in [2.24, 2.45) is 0 Å². The highest BCUT2D eigenvalue weighted by Crippen LogP contribution is 2.54. The number of nitriles is 1. The lowest BCUT2D eigenvalue weighted by molar-refractivity contribution is -0.143. The summed E-state index contributed by atoms with van der Waals surface area (Å²) in [5, 5.41) is 21.0. The Labute approximate surface area is 217 Å². The molecule has 5 nitrogen and oxygen atoms in total. The van der Waals surface area contributed by atoms with Crippen molar-refractivity contribution >= 4 is 29.2 Å². The van der Waals surface area contributed by atoms with E-state index in [9.17, 15) is 15.2 Å². The minimum atomic E-state index is -1.79. The third-order valence-electron chi connectivity index (χ3n) is 6.95. The second-order valence-electron chi connectivity index (χ2n) is 8.71. The number of rotatable bonds is 6. The van der Waals surface area contributed by atoms with Crippen molar-refractivity contribution in [3.63, 3.8) is 0 Å². The molecule has 1 aliphatic rings. The van der Waals surface area contributed by atoms with Crippen LogP contribution in [0.2, 0.25) is 10.0 Å². The molecule has 0 saturated carbocycles. The first kappa shape index (κ1) is 25.9. The molecule has 4 atom stereocenters. The number of likely N-dealkylation sites (tertiary alicyclic amines) is 1. The predicted octanol–water partition coefficient (Wildman–Crippen LogP) is 6.18. The van der Waals surface area contributed by atoms with E-state index in [1.807, 2.05) is 0 Å². The van der Waals surface area contributed by atoms with Gasteiger partial charge in [-0.05, 0) is 48.4 Å². The molecule has 0 bridgehead atoms. The van der Waals surface area contributed by atoms with Crippen LogP contribution >= 0.6 is 23.2 Å². The molecule has 3 aromatic carbocycles. The van der Waals surface area contributed by atoms with Crippen LogP contribution in [-0.4, -0.2) is 35.2 Å². The summed E-state index contributed by atoms with van der Waals surface area (Å²) in [4.78, 5) is 14.4. The Morgan fingerprint density at radius 2 is 1.89 bits per heavy atom. The molecule has 186 valence electrons. The topological polar surface area (TPSA) is 73.6 Å². The summed E-state index contributed by atoms with van der Waals surface area (Å²) in [5.41, 5.74) is -1.22. The van der Waals surface area contributed by atoms with Gasteiger partial charge in [-0.3, -0.25) is 9.69 Å². The number of carboxylic acids is 1. The highest BCUT2D eigenvalue weighted by Gasteiger charge is 2.63. The van der Waals surface area contributed by atoms with Crippen molar-refractivity contribution in [1.82, 2.24) is 4.90 Å². The van der Waals surface area contributed by atoms with Crippen molar-refractivity contribution in [3.8, 4) is 11.8 Å². The van der Waals surface area contributed by atoms with Crippen LogP contribution in [0.5, 0.6) is 5.75 Å². The molecule has 3 aromatic rings. The SMILES string of the molecule is COc1cccc(CN2C(C)[C@](C#N)(c3ccc(Cl)cc3F)[C@@H](c3cccc(Cl)c3F)[C@@H]2C(=O)O)c1. The minimum Gasteiger partial charge on any atom is -0.497 e. The van der Waals surface area contributed by atoms with Gasteiger partial charge in [-0.25, -0.2) is 8.78 Å². The van der Waals surface area contributed by atoms with Crippen molar-refractivity contribution in [3.05, 3.63) is 99.0 Å². The van der Waals surface area contributed by atoms with Crippen molar-refractivity contribution in [2.45, 2.75) is 36.9 Å². The smallest absolute Gasteiger partial charge is 0.321 e. The highest BCUT2D eigenvalue weighted by molar-refractivity contribution is 6.31. The van der Waals surface area contributed by atoms with Gasteiger partial charge in [0.2, 0.25) is 0 Å². The Hall–Kier alpha value is -3.18. The molecule has 1 saturated heterocycles. The van der Waals surface area contributed by atoms with Crippen molar-refractivity contribution < 1.29 is 23.4 Å². The summed E-state index contributed by atoms with van der Waals surface area (Å²) in [6, 6.07) is 15.1. The van der Waals surface area contributed by atoms with Crippen LogP contribution in [0.25, 0.3) is 0 Å². The average molecular weight is 531 g/mol. The van der Waals surface area contributed by atoms with E-state index in [4.69, 9.17) is 27.9 Å². The van der Waals surface area contributed by atoms with E-state index in [2.05, 4.69) is 6.07 Å². The van der Waals surface area contributed by atoms with E-state index in [-0.39, 0.29) is 27.7 Å². The van der Waals surface area contributed by atoms with E-state index in [0.717, 1.165) is 6.07 Å². The number of hydrogen-bond donors (Lipinski definition) is 1. The monoisotopic (exact) mass is 530 g/mol. The van der Waals surface area contributed by atoms with Crippen LogP contribution < -0.4 is 4.74 Å². The van der Waals surface area contributed by atoms with E-state index in [1.165, 1.54) is 37.4 Å². The zero-order valence-electron chi connectivity index (χ0n) is 19.4. The van der Waals surface area contributed by atoms with Crippen LogP contribution in [0.4, 0.5) is 8.78 Å². The van der Waals surface area contributed by atoms with Gasteiger partial charge in [-0.1, -0.05) is 53.5 Å². The fourth-order valence-corrected chi connectivity index (χ4v) is 5.66. The van der Waals surface area contributed by atoms with Gasteiger partial charge in [0.15, 0.2) is 0 Å². The number of hydrogen-bond acceptors (Lipinski definition) is 4. The number of nitrogens with zero attached hydrogens (tertiary/aromatic N) is 2. The number of carbonyl (C=O) groups is 1. The van der Waals surface area contributed by atoms with E-state index < -0.39 is 41.0 Å². The molecule has 1 aliphatic heterocycles. The molecule has 1 unspecified atom stereocenters. The standard InChI is InChI=1S/C27H22Cl2F2N2O3/c1-15-27(14-32,20-10-9-17(28)12-22(20)30)23(19-7-4-8-21(29)24(19)31)25(26(34)35)33(15)13-16-5-3-6-18(11-16)36-2/h3-12,15,23,25H,13H2,1-2H3,(H,34,35)/t15?,23-,25+,27+/m0/s1. The Morgan fingerprint density at radius 1 is 1.17 bits per heavy atom. The third kappa shape index (κ3) is 4.20. The molecule has 4 rings (SSSR count). The molecule has 0 spiro atoms. The van der Waals surface area contributed by atoms with Gasteiger partial charge in [-0.2, -0.15) is 5.26 Å². The van der Waals surface area contributed by atoms with Crippen LogP contribution in [-0.2, 0) is 16.8 Å². The summed E-state index contributed by atoms with van der Waals surface area (Å²) in [6.45, 7) is 1.74. The Kier molecular flexibility index (Phi) is 7.24. The van der Waals surface area contributed by atoms with Gasteiger partial charge in [0.1, 0.15) is 28.8 Å². The maximum Gasteiger partial charge on any atom is 0.321 e. The number of ether oxygens (including phenoxy) is 1. The summed E-state index contributed by atoms with van der Waals surface area (Å²) in [5.74, 6) is -3.63. The van der Waals surface area contributed by atoms with E-state index in [0.29, 0.717) is 11.3 Å². The number of halogens is 4. The molecule has 0 aliphatic carbocycles. The van der Waals surface area contributed by atoms with Gasteiger partial charge in [0.05, 0.1) is 18.2 Å². The molecule has 0 aromatic heterocycles. The zero-order valence-corrected chi connectivity index (χ0v) is 20.9. The van der Waals surface area contributed by atoms with Crippen LogP contribution in [0, 0.1) is 23.0 Å². The number of aliphatic carboxylic acids is 1. The number of carboxylic acid groups (broad SMARTS) is 1. The fourth-order valence-electron chi connectivity index (χ4n) is 5.32. The molecule has 1 fully saturated rings. The summed E-state index contributed by atoms with van der Waals surface area (Å²) in [6.07, 6.45) is 0. The Morgan fingerprint density at radius 3 is 2.53 bits per heavy atom. The van der Waals surface area contributed by atoms with E-state index in [1.54, 1.807) is 36.1 Å². The normalized spacial score (nSPS) is 23.9. The molecule has 9 heteroatoms. The molecule has 0 amide bonds. The first-order valence-electron chi connectivity index (χ1n) is 11.1. The molecule has 1 N–H and O–H groups in total. The number of methoxy groups -OCH3 is 1. The zero-order chi connectivity index (χ0) is 26.2. The average Bonchev–Trinajstić information content (AvgIpc) is 3.09. The second kappa shape index (κ2) is 10.1. The summed E-state index contributed by atoms with van der Waals surface area (Å²) >= 11 is 12.0. The maximum atomic E-state index is 15.4. The number of benzene rings is 3. The Balaban J connectivity index is 2.00. The van der Waals surface area contributed by atoms with Gasteiger partial charge in [0.25, 0.3) is 0 Å². The molecular formula is C27H22Cl2F2N2O3. The van der Waals surface area contributed by atoms with Crippen molar-refractivity contribution in [1.29, 1.82) is 5.26 Å². The van der Waals surface area contributed by atoms with Crippen LogP contribution in [0.15, 0.2) is 60.7 Å². The summed E-state index contributed by atoms with van der Waals surface area (Å²) in [7, 11) is 1.51. The molecule has 36 heavy (non-hydrogen) atoms. The maximum absolute atomic E-state index is 15.4. The third-order valence-corrected chi connectivity index (χ3v) is 7.48. The largest absolute Gasteiger partial charge is 0.497 e. The highest BCUT2D eigenvalue weighted by atomic mass is 35.5. The molecular weight excluding hydrogens is 509 g/mol. The van der Waals surface area contributed by atoms with Gasteiger partial charge >= 0.3 is 5.97 Å². The second-order valence-corrected chi connectivity index (χ2v) is 9.55. The van der Waals surface area contributed by atoms with Crippen LogP contribution in [0.1, 0.15) is 29.5 Å². The Bertz CT molecular complexity index is 1360. The van der Waals surface area contributed by atoms with Gasteiger partial charge in [0, 0.05) is 29.1 Å². The van der Waals surface area contributed by atoms with Gasteiger partial charge in [-0.15, -0.1) is 0 Å². The molecule has 1 heterocycles. The lowest BCUT2D eigenvalue weighted by Gasteiger charge is -2.34. The summed E-state index contributed by atoms with van der Waals surface area (Å²) < 4.78 is 36.2. The van der Waals surface area contributed by atoms with Crippen LogP contribution in [0.3, 0.4) is 0 Å². The first-order chi connectivity index (χ1) is 17.1. The lowest BCUT2D eigenvalue weighted by Crippen LogP contribution is -2.42. The van der Waals surface area contributed by atoms with E-state index >= 15 is 8.78 Å². The lowest BCUT2D eigenvalue weighted by atomic mass is 9.65. The first-order valence-corrected chi connectivity index (χ1v) is 11.8.